The highest BCUT2D eigenvalue weighted by Gasteiger charge is 2.51. The summed E-state index contributed by atoms with van der Waals surface area (Å²) >= 11 is 0. The van der Waals surface area contributed by atoms with Crippen molar-refractivity contribution < 1.29 is 43.1 Å². The van der Waals surface area contributed by atoms with Gasteiger partial charge in [0.2, 0.25) is 0 Å². The van der Waals surface area contributed by atoms with E-state index in [2.05, 4.69) is 19.9 Å². The number of carbonyl (C=O) groups excluding carboxylic acids is 3. The third-order valence-electron chi connectivity index (χ3n) is 7.55. The predicted molar refractivity (Wildman–Crippen MR) is 124 cm³/mol. The van der Waals surface area contributed by atoms with Gasteiger partial charge in [-0.15, -0.1) is 0 Å². The number of carbonyl (C=O) groups is 3. The Balaban J connectivity index is 0.00000153. The number of aliphatic hydroxyl groups is 2. The molecule has 182 valence electrons. The molecule has 0 aromatic heterocycles. The van der Waals surface area contributed by atoms with Crippen LogP contribution in [-0.4, -0.2) is 45.1 Å². The van der Waals surface area contributed by atoms with Crippen LogP contribution >= 0.6 is 0 Å². The zero-order valence-corrected chi connectivity index (χ0v) is 18.9. The molecule has 0 amide bonds. The summed E-state index contributed by atoms with van der Waals surface area (Å²) in [4.78, 5) is 37.8. The van der Waals surface area contributed by atoms with Crippen molar-refractivity contribution in [3.05, 3.63) is 45.7 Å². The van der Waals surface area contributed by atoms with Gasteiger partial charge in [0.15, 0.2) is 17.3 Å². The summed E-state index contributed by atoms with van der Waals surface area (Å²) < 4.78 is 5.98. The maximum absolute atomic E-state index is 13.5. The third-order valence-corrected chi connectivity index (χ3v) is 7.55. The van der Waals surface area contributed by atoms with Crippen LogP contribution in [0.1, 0.15) is 59.6 Å². The lowest BCUT2D eigenvalue weighted by Crippen LogP contribution is -2.43. The van der Waals surface area contributed by atoms with Gasteiger partial charge in [-0.1, -0.05) is 26.0 Å². The molecule has 3 unspecified atom stereocenters. The van der Waals surface area contributed by atoms with Crippen LogP contribution in [0.25, 0.3) is 5.76 Å². The minimum absolute atomic E-state index is 0. The van der Waals surface area contributed by atoms with Crippen molar-refractivity contribution in [2.75, 3.05) is 6.61 Å². The van der Waals surface area contributed by atoms with E-state index >= 15 is 0 Å². The van der Waals surface area contributed by atoms with Gasteiger partial charge in [0.25, 0.3) is 0 Å². The largest absolute Gasteiger partial charge is 0.511 e. The number of ether oxygens (including phenoxy) is 1. The van der Waals surface area contributed by atoms with Crippen LogP contribution in [0, 0.1) is 17.8 Å². The Kier molecular flexibility index (Phi) is 6.06. The Labute approximate surface area is 194 Å². The molecule has 8 nitrogen and oxygen atoms in total. The first-order valence-electron chi connectivity index (χ1n) is 10.9. The predicted octanol–water partition coefficient (Wildman–Crippen LogP) is 2.61. The van der Waals surface area contributed by atoms with Crippen molar-refractivity contribution in [3.8, 4) is 5.75 Å². The van der Waals surface area contributed by atoms with E-state index in [1.54, 1.807) is 0 Å². The van der Waals surface area contributed by atoms with Crippen molar-refractivity contribution in [3.63, 3.8) is 0 Å². The summed E-state index contributed by atoms with van der Waals surface area (Å²) in [6.45, 7) is 6.03. The smallest absolute Gasteiger partial charge is 0.173 e. The van der Waals surface area contributed by atoms with Crippen LogP contribution in [0.3, 0.4) is 0 Å². The number of benzene rings is 1. The molecule has 0 bridgehead atoms. The number of ketones is 3. The number of allylic oxidation sites excluding steroid dienone is 3. The fourth-order valence-corrected chi connectivity index (χ4v) is 5.94. The van der Waals surface area contributed by atoms with Gasteiger partial charge in [0, 0.05) is 20.4 Å². The Morgan fingerprint density at radius 1 is 1.15 bits per heavy atom. The van der Waals surface area contributed by atoms with Crippen molar-refractivity contribution in [1.82, 2.24) is 0 Å². The summed E-state index contributed by atoms with van der Waals surface area (Å²) in [5.41, 5.74) is 2.43. The van der Waals surface area contributed by atoms with E-state index in [0.29, 0.717) is 30.8 Å². The Morgan fingerprint density at radius 3 is 2.52 bits per heavy atom. The van der Waals surface area contributed by atoms with Crippen molar-refractivity contribution in [2.24, 2.45) is 17.8 Å². The average Bonchev–Trinajstić information content (AvgIpc) is 2.66. The quantitative estimate of drug-likeness (QED) is 0.609. The highest BCUT2D eigenvalue weighted by molar-refractivity contribution is 6.21. The molecule has 3 aliphatic carbocycles. The van der Waals surface area contributed by atoms with E-state index in [1.165, 1.54) is 6.92 Å². The van der Waals surface area contributed by atoms with E-state index in [0.717, 1.165) is 17.5 Å². The lowest BCUT2D eigenvalue weighted by molar-refractivity contribution is -0.127. The van der Waals surface area contributed by atoms with Crippen LogP contribution in [0.2, 0.25) is 0 Å². The van der Waals surface area contributed by atoms with E-state index in [-0.39, 0.29) is 60.2 Å². The van der Waals surface area contributed by atoms with E-state index < -0.39 is 23.2 Å². The molecule has 6 N–H and O–H groups in total. The van der Waals surface area contributed by atoms with E-state index in [1.807, 2.05) is 6.07 Å². The van der Waals surface area contributed by atoms with Gasteiger partial charge >= 0.3 is 0 Å². The van der Waals surface area contributed by atoms with E-state index in [4.69, 9.17) is 4.74 Å². The summed E-state index contributed by atoms with van der Waals surface area (Å²) in [7, 11) is 0. The number of rotatable bonds is 1. The second kappa shape index (κ2) is 8.11. The van der Waals surface area contributed by atoms with Gasteiger partial charge in [-0.25, -0.2) is 0 Å². The van der Waals surface area contributed by atoms with Crippen molar-refractivity contribution in [1.29, 1.82) is 0 Å². The molecule has 0 saturated heterocycles. The van der Waals surface area contributed by atoms with Gasteiger partial charge in [0.05, 0.1) is 23.7 Å². The van der Waals surface area contributed by atoms with Crippen LogP contribution in [0.4, 0.5) is 0 Å². The molecule has 33 heavy (non-hydrogen) atoms. The molecule has 5 rings (SSSR count). The lowest BCUT2D eigenvalue weighted by atomic mass is 9.61. The van der Waals surface area contributed by atoms with Gasteiger partial charge in [-0.3, -0.25) is 14.4 Å². The summed E-state index contributed by atoms with van der Waals surface area (Å²) in [5, 5.41) is 22.0. The molecular weight excluding hydrogens is 428 g/mol. The molecule has 0 radical (unpaired) electrons. The third kappa shape index (κ3) is 3.40. The number of Topliss-reactive ketones (excluding diaryl/α,β-unsaturated/α-hetero) is 3. The zero-order chi connectivity index (χ0) is 22.2. The Bertz CT molecular complexity index is 1130. The molecule has 3 atom stereocenters. The maximum atomic E-state index is 13.5. The van der Waals surface area contributed by atoms with Crippen molar-refractivity contribution in [2.45, 2.75) is 51.9 Å². The van der Waals surface area contributed by atoms with Gasteiger partial charge < -0.3 is 25.9 Å². The zero-order valence-electron chi connectivity index (χ0n) is 18.9. The molecular formula is C25H34O8. The molecule has 1 aliphatic heterocycles. The number of aliphatic hydroxyl groups excluding tert-OH is 2. The molecule has 1 fully saturated rings. The molecule has 4 aliphatic rings. The SMILES string of the molecule is CC(=O)C1=C(O)C2C(=O)C3=C(O)c4c(ccc5c4OCCC5(C)C)CC3CC2CC1=O.O.O.[HH].[HH]. The van der Waals surface area contributed by atoms with E-state index in [9.17, 15) is 24.6 Å². The summed E-state index contributed by atoms with van der Waals surface area (Å²) in [5.74, 6) is -2.76. The summed E-state index contributed by atoms with van der Waals surface area (Å²) in [6.07, 6.45) is 1.99. The van der Waals surface area contributed by atoms with Gasteiger partial charge in [0.1, 0.15) is 17.3 Å². The van der Waals surface area contributed by atoms with Crippen LogP contribution in [0.5, 0.6) is 5.75 Å². The van der Waals surface area contributed by atoms with Crippen molar-refractivity contribution >= 4 is 23.1 Å². The first-order valence-corrected chi connectivity index (χ1v) is 10.9. The Hall–Kier alpha value is -2.97. The average molecular weight is 463 g/mol. The highest BCUT2D eigenvalue weighted by Crippen LogP contribution is 2.52. The first kappa shape index (κ1) is 24.7. The number of hydrogen-bond donors (Lipinski definition) is 2. The fraction of sp³-hybridized carbons (Fsp3) is 0.480. The van der Waals surface area contributed by atoms with Gasteiger partial charge in [-0.05, 0) is 49.0 Å². The minimum Gasteiger partial charge on any atom is -0.511 e. The fourth-order valence-electron chi connectivity index (χ4n) is 5.94. The van der Waals surface area contributed by atoms with Crippen LogP contribution < -0.4 is 4.74 Å². The number of hydrogen-bond acceptors (Lipinski definition) is 6. The molecule has 1 saturated carbocycles. The monoisotopic (exact) mass is 462 g/mol. The summed E-state index contributed by atoms with van der Waals surface area (Å²) in [6, 6.07) is 4.06. The molecule has 1 heterocycles. The topological polar surface area (TPSA) is 164 Å². The van der Waals surface area contributed by atoms with Crippen LogP contribution in [0.15, 0.2) is 29.0 Å². The maximum Gasteiger partial charge on any atom is 0.173 e. The van der Waals surface area contributed by atoms with Gasteiger partial charge in [-0.2, -0.15) is 0 Å². The normalized spacial score (nSPS) is 27.2. The first-order chi connectivity index (χ1) is 14.6. The molecule has 0 spiro atoms. The number of fused-ring (bicyclic) bond motifs is 5. The molecule has 1 aromatic carbocycles. The minimum atomic E-state index is -0.955. The second-order valence-corrected chi connectivity index (χ2v) is 9.90. The standard InChI is InChI=1S/C25H26O6.2H2O.2H2/c1-11(26)17-16(27)10-14-9-13-8-12-4-5-15-24(31-7-6-25(15,2)3)20(12)23(30)18(13)22(29)19(14)21(17)28;;;;/h4-5,13-14,19,28,30H,6-10H2,1-3H3;2*1H2;2*1H. The lowest BCUT2D eigenvalue weighted by Gasteiger charge is -2.42. The second-order valence-electron chi connectivity index (χ2n) is 9.90. The highest BCUT2D eigenvalue weighted by atomic mass is 16.5. The van der Waals surface area contributed by atoms with Crippen LogP contribution in [-0.2, 0) is 26.2 Å². The molecule has 8 heteroatoms. The Morgan fingerprint density at radius 2 is 1.85 bits per heavy atom. The molecule has 1 aromatic rings.